The quantitative estimate of drug-likeness (QED) is 0.164. The predicted octanol–water partition coefficient (Wildman–Crippen LogP) is 18.1. The van der Waals surface area contributed by atoms with Crippen molar-refractivity contribution in [1.29, 1.82) is 0 Å². The molecule has 0 N–H and O–H groups in total. The number of para-hydroxylation sites is 3. The minimum atomic E-state index is -0.576. The smallest absolute Gasteiger partial charge is 0.0755 e. The number of anilines is 6. The van der Waals surface area contributed by atoms with Crippen LogP contribution in [0.5, 0.6) is 0 Å². The summed E-state index contributed by atoms with van der Waals surface area (Å²) in [5.41, 5.74) is 24.0. The van der Waals surface area contributed by atoms with E-state index in [0.29, 0.717) is 0 Å². The van der Waals surface area contributed by atoms with E-state index in [2.05, 4.69) is 278 Å². The van der Waals surface area contributed by atoms with Crippen LogP contribution in [0.4, 0.5) is 34.1 Å². The molecule has 3 aliphatic rings. The maximum absolute atomic E-state index is 2.51. The van der Waals surface area contributed by atoms with Crippen molar-refractivity contribution in [3.8, 4) is 44.5 Å². The van der Waals surface area contributed by atoms with Crippen molar-refractivity contribution in [3.63, 3.8) is 0 Å². The summed E-state index contributed by atoms with van der Waals surface area (Å²) in [6.45, 7) is 4.80. The Kier molecular flexibility index (Phi) is 8.88. The fraction of sp³-hybridized carbons (Fsp3) is 0.0588. The first-order chi connectivity index (χ1) is 34.5. The molecule has 0 bridgehead atoms. The van der Waals surface area contributed by atoms with Crippen molar-refractivity contribution in [1.82, 2.24) is 0 Å². The van der Waals surface area contributed by atoms with Crippen LogP contribution >= 0.6 is 0 Å². The molecule has 330 valence electrons. The van der Waals surface area contributed by atoms with Gasteiger partial charge in [-0.25, -0.2) is 0 Å². The fourth-order valence-electron chi connectivity index (χ4n) is 12.4. The number of fused-ring (bicyclic) bond motifs is 13. The second kappa shape index (κ2) is 15.4. The maximum atomic E-state index is 2.51. The van der Waals surface area contributed by atoms with Gasteiger partial charge in [0.25, 0.3) is 0 Å². The number of hydrogen-bond donors (Lipinski definition) is 0. The van der Waals surface area contributed by atoms with Crippen molar-refractivity contribution in [2.24, 2.45) is 0 Å². The van der Waals surface area contributed by atoms with Gasteiger partial charge in [-0.1, -0.05) is 196 Å². The molecule has 2 heteroatoms. The highest BCUT2D eigenvalue weighted by Gasteiger charge is 2.52. The Labute approximate surface area is 410 Å². The van der Waals surface area contributed by atoms with Gasteiger partial charge in [0.05, 0.1) is 16.8 Å². The number of rotatable bonds is 6. The Morgan fingerprint density at radius 1 is 0.300 bits per heavy atom. The summed E-state index contributed by atoms with van der Waals surface area (Å²) >= 11 is 0. The summed E-state index contributed by atoms with van der Waals surface area (Å²) in [6, 6.07) is 94.9. The molecule has 0 radical (unpaired) electrons. The molecule has 0 amide bonds. The van der Waals surface area contributed by atoms with E-state index < -0.39 is 5.41 Å². The monoisotopic (exact) mass is 892 g/mol. The molecule has 0 aromatic heterocycles. The number of hydrogen-bond acceptors (Lipinski definition) is 2. The number of nitrogens with zero attached hydrogens (tertiary/aromatic N) is 2. The van der Waals surface area contributed by atoms with Crippen LogP contribution in [0.25, 0.3) is 55.3 Å². The Bertz CT molecular complexity index is 3820. The van der Waals surface area contributed by atoms with Gasteiger partial charge in [-0.05, 0) is 161 Å². The summed E-state index contributed by atoms with van der Waals surface area (Å²) in [7, 11) is 0. The van der Waals surface area contributed by atoms with Crippen LogP contribution in [0.15, 0.2) is 255 Å². The van der Waals surface area contributed by atoms with Crippen LogP contribution in [0.2, 0.25) is 0 Å². The van der Waals surface area contributed by atoms with Crippen LogP contribution in [0, 0.1) is 0 Å². The lowest BCUT2D eigenvalue weighted by Crippen LogP contribution is -2.36. The molecule has 1 aliphatic heterocycles. The number of benzene rings is 11. The van der Waals surface area contributed by atoms with E-state index >= 15 is 0 Å². The Morgan fingerprint density at radius 2 is 0.757 bits per heavy atom. The standard InChI is InChI=1S/C68H48N2/c1-67(2)62-42-50(49-30-29-46-19-9-10-20-48(46)41-49)33-38-56(62)57-39-36-53(43-63(57)67)69(52-34-31-47(32-35-52)45-17-5-3-6-18-45)54-37-40-58-55-23-11-12-24-59(55)68(64(58)44-54)60-25-13-15-27-65(60)70(51-21-7-4-8-22-51)66-28-16-14-26-61(66)68/h3-44H,1-2H3. The van der Waals surface area contributed by atoms with Gasteiger partial charge in [0.2, 0.25) is 0 Å². The third kappa shape index (κ3) is 5.87. The Morgan fingerprint density at radius 3 is 1.46 bits per heavy atom. The van der Waals surface area contributed by atoms with Gasteiger partial charge in [0.15, 0.2) is 0 Å². The average molecular weight is 893 g/mol. The highest BCUT2D eigenvalue weighted by Crippen LogP contribution is 2.64. The van der Waals surface area contributed by atoms with E-state index in [-0.39, 0.29) is 5.41 Å². The van der Waals surface area contributed by atoms with E-state index in [4.69, 9.17) is 0 Å². The molecule has 11 aromatic carbocycles. The molecular weight excluding hydrogens is 845 g/mol. The molecular formula is C68H48N2. The molecule has 0 unspecified atom stereocenters. The second-order valence-corrected chi connectivity index (χ2v) is 19.7. The maximum Gasteiger partial charge on any atom is 0.0755 e. The summed E-state index contributed by atoms with van der Waals surface area (Å²) in [6.07, 6.45) is 0. The molecule has 0 saturated heterocycles. The highest BCUT2D eigenvalue weighted by molar-refractivity contribution is 5.98. The Hall–Kier alpha value is -8.72. The van der Waals surface area contributed by atoms with Gasteiger partial charge >= 0.3 is 0 Å². The van der Waals surface area contributed by atoms with Crippen LogP contribution in [0.1, 0.15) is 47.2 Å². The van der Waals surface area contributed by atoms with Gasteiger partial charge in [0, 0.05) is 28.2 Å². The van der Waals surface area contributed by atoms with Crippen molar-refractivity contribution < 1.29 is 0 Å². The molecule has 0 fully saturated rings. The zero-order valence-corrected chi connectivity index (χ0v) is 39.1. The SMILES string of the molecule is CC1(C)c2cc(-c3ccc4ccccc4c3)ccc2-c2ccc(N(c3ccc(-c4ccccc4)cc3)c3ccc4c(c3)C3(c5ccccc5-4)c4ccccc4N(c4ccccc4)c4ccccc43)cc21. The minimum absolute atomic E-state index is 0.236. The van der Waals surface area contributed by atoms with Gasteiger partial charge in [-0.2, -0.15) is 0 Å². The van der Waals surface area contributed by atoms with Crippen molar-refractivity contribution >= 4 is 44.9 Å². The largest absolute Gasteiger partial charge is 0.310 e. The minimum Gasteiger partial charge on any atom is -0.310 e. The van der Waals surface area contributed by atoms with Crippen LogP contribution in [-0.2, 0) is 10.8 Å². The molecule has 1 heterocycles. The van der Waals surface area contributed by atoms with Gasteiger partial charge < -0.3 is 9.80 Å². The summed E-state index contributed by atoms with van der Waals surface area (Å²) in [5, 5.41) is 2.52. The molecule has 11 aromatic rings. The Balaban J connectivity index is 0.957. The van der Waals surface area contributed by atoms with Gasteiger partial charge in [-0.3, -0.25) is 0 Å². The third-order valence-corrected chi connectivity index (χ3v) is 15.6. The summed E-state index contributed by atoms with van der Waals surface area (Å²) in [5.74, 6) is 0. The molecule has 70 heavy (non-hydrogen) atoms. The highest BCUT2D eigenvalue weighted by atomic mass is 15.2. The predicted molar refractivity (Wildman–Crippen MR) is 293 cm³/mol. The van der Waals surface area contributed by atoms with Crippen molar-refractivity contribution in [3.05, 3.63) is 288 Å². The van der Waals surface area contributed by atoms with Crippen LogP contribution in [0.3, 0.4) is 0 Å². The fourth-order valence-corrected chi connectivity index (χ4v) is 12.4. The summed E-state index contributed by atoms with van der Waals surface area (Å²) < 4.78 is 0. The first kappa shape index (κ1) is 40.4. The van der Waals surface area contributed by atoms with Crippen molar-refractivity contribution in [2.75, 3.05) is 9.80 Å². The zero-order chi connectivity index (χ0) is 46.6. The van der Waals surface area contributed by atoms with E-state index in [1.54, 1.807) is 0 Å². The van der Waals surface area contributed by atoms with E-state index in [1.165, 1.54) is 100 Å². The molecule has 14 rings (SSSR count). The van der Waals surface area contributed by atoms with Crippen LogP contribution in [-0.4, -0.2) is 0 Å². The zero-order valence-electron chi connectivity index (χ0n) is 39.1. The van der Waals surface area contributed by atoms with E-state index in [0.717, 1.165) is 22.7 Å². The lowest BCUT2D eigenvalue weighted by molar-refractivity contribution is 0.660. The van der Waals surface area contributed by atoms with Gasteiger partial charge in [-0.15, -0.1) is 0 Å². The molecule has 2 aliphatic carbocycles. The lowest BCUT2D eigenvalue weighted by atomic mass is 9.64. The lowest BCUT2D eigenvalue weighted by Gasteiger charge is -2.45. The van der Waals surface area contributed by atoms with Crippen molar-refractivity contribution in [2.45, 2.75) is 24.7 Å². The third-order valence-electron chi connectivity index (χ3n) is 15.6. The molecule has 1 spiro atoms. The first-order valence-electron chi connectivity index (χ1n) is 24.5. The molecule has 0 saturated carbocycles. The van der Waals surface area contributed by atoms with Crippen LogP contribution < -0.4 is 9.80 Å². The second-order valence-electron chi connectivity index (χ2n) is 19.7. The molecule has 0 atom stereocenters. The normalized spacial score (nSPS) is 14.1. The first-order valence-corrected chi connectivity index (χ1v) is 24.5. The van der Waals surface area contributed by atoms with Gasteiger partial charge in [0.1, 0.15) is 0 Å². The van der Waals surface area contributed by atoms with E-state index in [9.17, 15) is 0 Å². The summed E-state index contributed by atoms with van der Waals surface area (Å²) in [4.78, 5) is 4.94. The van der Waals surface area contributed by atoms with E-state index in [1.807, 2.05) is 0 Å². The topological polar surface area (TPSA) is 6.48 Å². The average Bonchev–Trinajstić information content (AvgIpc) is 3.83. The molecule has 2 nitrogen and oxygen atoms in total.